The van der Waals surface area contributed by atoms with Crippen molar-refractivity contribution in [2.24, 2.45) is 0 Å². The number of rotatable bonds is 2. The monoisotopic (exact) mass is 217 g/mol. The smallest absolute Gasteiger partial charge is 0.221 e. The highest BCUT2D eigenvalue weighted by Gasteiger charge is 2.13. The molecule has 0 atom stereocenters. The van der Waals surface area contributed by atoms with Gasteiger partial charge in [0.25, 0.3) is 0 Å². The van der Waals surface area contributed by atoms with Crippen molar-refractivity contribution in [3.05, 3.63) is 51.5 Å². The molecule has 0 aliphatic carbocycles. The van der Waals surface area contributed by atoms with E-state index in [1.165, 1.54) is 11.3 Å². The van der Waals surface area contributed by atoms with Crippen LogP contribution >= 0.6 is 11.3 Å². The summed E-state index contributed by atoms with van der Waals surface area (Å²) in [5, 5.41) is 0.580. The fraction of sp³-hybridized carbons (Fsp3) is 0.167. The van der Waals surface area contributed by atoms with E-state index in [0.29, 0.717) is 10.6 Å². The van der Waals surface area contributed by atoms with E-state index in [1.54, 1.807) is 0 Å². The van der Waals surface area contributed by atoms with Gasteiger partial charge < -0.3 is 0 Å². The molecule has 0 unspecified atom stereocenters. The third kappa shape index (κ3) is 1.97. The highest BCUT2D eigenvalue weighted by Crippen LogP contribution is 2.19. The maximum Gasteiger partial charge on any atom is 0.221 e. The molecule has 2 aromatic rings. The van der Waals surface area contributed by atoms with Crippen LogP contribution in [0.25, 0.3) is 0 Å². The van der Waals surface area contributed by atoms with Gasteiger partial charge in [0.2, 0.25) is 5.78 Å². The largest absolute Gasteiger partial charge is 0.286 e. The average Bonchev–Trinajstić information content (AvgIpc) is 2.59. The van der Waals surface area contributed by atoms with Gasteiger partial charge in [-0.05, 0) is 13.8 Å². The number of nitrogens with zero attached hydrogens (tertiary/aromatic N) is 1. The fourth-order valence-corrected chi connectivity index (χ4v) is 2.16. The third-order valence-electron chi connectivity index (χ3n) is 2.26. The summed E-state index contributed by atoms with van der Waals surface area (Å²) >= 11 is 1.46. The normalized spacial score (nSPS) is 10.3. The van der Waals surface area contributed by atoms with E-state index in [9.17, 15) is 4.79 Å². The molecule has 2 rings (SSSR count). The van der Waals surface area contributed by atoms with Crippen LogP contribution in [0.4, 0.5) is 0 Å². The zero-order valence-corrected chi connectivity index (χ0v) is 9.47. The van der Waals surface area contributed by atoms with Crippen LogP contribution in [0, 0.1) is 13.8 Å². The van der Waals surface area contributed by atoms with Gasteiger partial charge in [-0.3, -0.25) is 4.79 Å². The Hall–Kier alpha value is -1.48. The van der Waals surface area contributed by atoms with E-state index < -0.39 is 0 Å². The number of carbonyl (C=O) groups is 1. The molecule has 0 spiro atoms. The lowest BCUT2D eigenvalue weighted by Gasteiger charge is -1.94. The van der Waals surface area contributed by atoms with Crippen LogP contribution in [0.15, 0.2) is 30.3 Å². The van der Waals surface area contributed by atoms with Crippen molar-refractivity contribution in [1.82, 2.24) is 4.98 Å². The second-order valence-electron chi connectivity index (χ2n) is 3.36. The lowest BCUT2D eigenvalue weighted by molar-refractivity contribution is 0.103. The van der Waals surface area contributed by atoms with Crippen molar-refractivity contribution in [1.29, 1.82) is 0 Å². The van der Waals surface area contributed by atoms with Gasteiger partial charge in [0.15, 0.2) is 5.01 Å². The Kier molecular flexibility index (Phi) is 2.64. The van der Waals surface area contributed by atoms with Gasteiger partial charge in [-0.2, -0.15) is 0 Å². The second kappa shape index (κ2) is 3.95. The summed E-state index contributed by atoms with van der Waals surface area (Å²) in [5.41, 5.74) is 1.64. The Bertz CT molecular complexity index is 468. The van der Waals surface area contributed by atoms with Gasteiger partial charge in [-0.15, -0.1) is 11.3 Å². The number of hydrogen-bond acceptors (Lipinski definition) is 3. The van der Waals surface area contributed by atoms with Crippen molar-refractivity contribution in [3.8, 4) is 0 Å². The SMILES string of the molecule is Cc1nc(C(=O)c2ccccc2)sc1C. The van der Waals surface area contributed by atoms with Crippen molar-refractivity contribution in [2.75, 3.05) is 0 Å². The van der Waals surface area contributed by atoms with E-state index in [0.717, 1.165) is 10.6 Å². The first-order chi connectivity index (χ1) is 7.18. The zero-order valence-electron chi connectivity index (χ0n) is 8.65. The molecule has 3 heteroatoms. The van der Waals surface area contributed by atoms with Crippen molar-refractivity contribution in [3.63, 3.8) is 0 Å². The van der Waals surface area contributed by atoms with Gasteiger partial charge in [-0.25, -0.2) is 4.98 Å². The van der Waals surface area contributed by atoms with Crippen molar-refractivity contribution < 1.29 is 4.79 Å². The molecule has 15 heavy (non-hydrogen) atoms. The Morgan fingerprint density at radius 3 is 2.40 bits per heavy atom. The molecule has 0 radical (unpaired) electrons. The highest BCUT2D eigenvalue weighted by atomic mass is 32.1. The van der Waals surface area contributed by atoms with Gasteiger partial charge >= 0.3 is 0 Å². The summed E-state index contributed by atoms with van der Waals surface area (Å²) in [6.07, 6.45) is 0. The molecule has 76 valence electrons. The molecule has 0 saturated heterocycles. The highest BCUT2D eigenvalue weighted by molar-refractivity contribution is 7.13. The lowest BCUT2D eigenvalue weighted by atomic mass is 10.1. The summed E-state index contributed by atoms with van der Waals surface area (Å²) in [7, 11) is 0. The summed E-state index contributed by atoms with van der Waals surface area (Å²) in [6.45, 7) is 3.91. The molecular weight excluding hydrogens is 206 g/mol. The average molecular weight is 217 g/mol. The van der Waals surface area contributed by atoms with Gasteiger partial charge in [0, 0.05) is 10.4 Å². The summed E-state index contributed by atoms with van der Waals surface area (Å²) in [4.78, 5) is 17.3. The number of ketones is 1. The minimum Gasteiger partial charge on any atom is -0.286 e. The van der Waals surface area contributed by atoms with Crippen LogP contribution in [0.2, 0.25) is 0 Å². The second-order valence-corrected chi connectivity index (χ2v) is 4.56. The molecule has 0 bridgehead atoms. The van der Waals surface area contributed by atoms with E-state index in [2.05, 4.69) is 4.98 Å². The predicted molar refractivity (Wildman–Crippen MR) is 61.5 cm³/mol. The Labute approximate surface area is 92.6 Å². The van der Waals surface area contributed by atoms with Crippen LogP contribution in [0.3, 0.4) is 0 Å². The minimum absolute atomic E-state index is 0.0109. The minimum atomic E-state index is 0.0109. The molecular formula is C12H11NOS. The number of carbonyl (C=O) groups excluding carboxylic acids is 1. The first kappa shape index (κ1) is 10.1. The molecule has 0 saturated carbocycles. The van der Waals surface area contributed by atoms with E-state index in [1.807, 2.05) is 44.2 Å². The Balaban J connectivity index is 2.37. The maximum absolute atomic E-state index is 12.0. The van der Waals surface area contributed by atoms with Crippen LogP contribution in [0.5, 0.6) is 0 Å². The lowest BCUT2D eigenvalue weighted by Crippen LogP contribution is -1.99. The molecule has 0 N–H and O–H groups in total. The van der Waals surface area contributed by atoms with Crippen LogP contribution < -0.4 is 0 Å². The molecule has 2 nitrogen and oxygen atoms in total. The van der Waals surface area contributed by atoms with Crippen LogP contribution in [0.1, 0.15) is 25.9 Å². The Morgan fingerprint density at radius 2 is 1.87 bits per heavy atom. The first-order valence-corrected chi connectivity index (χ1v) is 5.54. The first-order valence-electron chi connectivity index (χ1n) is 4.72. The van der Waals surface area contributed by atoms with E-state index >= 15 is 0 Å². The summed E-state index contributed by atoms with van der Waals surface area (Å²) in [6, 6.07) is 9.25. The zero-order chi connectivity index (χ0) is 10.8. The Morgan fingerprint density at radius 1 is 1.20 bits per heavy atom. The van der Waals surface area contributed by atoms with Gasteiger partial charge in [0.05, 0.1) is 5.69 Å². The fourth-order valence-electron chi connectivity index (χ4n) is 1.28. The molecule has 0 fully saturated rings. The standard InChI is InChI=1S/C12H11NOS/c1-8-9(2)15-12(13-8)11(14)10-6-4-3-5-7-10/h3-7H,1-2H3. The topological polar surface area (TPSA) is 30.0 Å². The van der Waals surface area contributed by atoms with Gasteiger partial charge in [0.1, 0.15) is 0 Å². The van der Waals surface area contributed by atoms with Crippen molar-refractivity contribution in [2.45, 2.75) is 13.8 Å². The molecule has 1 heterocycles. The molecule has 0 aliphatic heterocycles. The number of benzene rings is 1. The van der Waals surface area contributed by atoms with Crippen molar-refractivity contribution >= 4 is 17.1 Å². The van der Waals surface area contributed by atoms with Gasteiger partial charge in [-0.1, -0.05) is 30.3 Å². The number of hydrogen-bond donors (Lipinski definition) is 0. The molecule has 0 amide bonds. The quantitative estimate of drug-likeness (QED) is 0.724. The molecule has 1 aromatic carbocycles. The number of aryl methyl sites for hydroxylation is 2. The van der Waals surface area contributed by atoms with Crippen LogP contribution in [-0.4, -0.2) is 10.8 Å². The summed E-state index contributed by atoms with van der Waals surface area (Å²) in [5.74, 6) is 0.0109. The third-order valence-corrected chi connectivity index (χ3v) is 3.33. The van der Waals surface area contributed by atoms with E-state index in [-0.39, 0.29) is 5.78 Å². The van der Waals surface area contributed by atoms with E-state index in [4.69, 9.17) is 0 Å². The number of aromatic nitrogens is 1. The maximum atomic E-state index is 12.0. The summed E-state index contributed by atoms with van der Waals surface area (Å²) < 4.78 is 0. The predicted octanol–water partition coefficient (Wildman–Crippen LogP) is 2.99. The number of thiazole rings is 1. The van der Waals surface area contributed by atoms with Crippen LogP contribution in [-0.2, 0) is 0 Å². The molecule has 0 aliphatic rings. The molecule has 1 aromatic heterocycles.